The second-order valence-electron chi connectivity index (χ2n) is 11.2. The van der Waals surface area contributed by atoms with Crippen LogP contribution in [0.25, 0.3) is 0 Å². The van der Waals surface area contributed by atoms with Crippen LogP contribution in [0.15, 0.2) is 60.8 Å². The fourth-order valence-electron chi connectivity index (χ4n) is 6.23. The minimum atomic E-state index is -0.662. The van der Waals surface area contributed by atoms with E-state index in [9.17, 15) is 14.4 Å². The molecule has 38 heavy (non-hydrogen) atoms. The third-order valence-electron chi connectivity index (χ3n) is 8.27. The fourth-order valence-corrected chi connectivity index (χ4v) is 6.43. The van der Waals surface area contributed by atoms with Crippen molar-refractivity contribution in [1.29, 1.82) is 0 Å². The van der Waals surface area contributed by atoms with Crippen LogP contribution >= 0.6 is 11.6 Å². The maximum absolute atomic E-state index is 13.4. The summed E-state index contributed by atoms with van der Waals surface area (Å²) in [5, 5.41) is 6.52. The predicted molar refractivity (Wildman–Crippen MR) is 146 cm³/mol. The average Bonchev–Trinajstić information content (AvgIpc) is 3.39. The van der Waals surface area contributed by atoms with Crippen LogP contribution in [-0.4, -0.2) is 34.2 Å². The van der Waals surface area contributed by atoms with Gasteiger partial charge >= 0.3 is 0 Å². The minimum Gasteiger partial charge on any atom is -0.326 e. The standard InChI is InChI=1S/C30H29ClN4O3/c1-29(2)11-10-24(18-5-3-6-21(31)13-18)35(28(29)38)17-25(36)33-22-9-8-19-15-30(16-20(19)14-22)23-7-4-12-32-26(23)34-27(30)37/h3-9,12-14,24H,10-11,15-17H2,1-2H3,(H,33,36)(H,32,34,37). The summed E-state index contributed by atoms with van der Waals surface area (Å²) in [5.41, 5.74) is 3.42. The Morgan fingerprint density at radius 3 is 2.74 bits per heavy atom. The molecule has 1 saturated heterocycles. The number of rotatable bonds is 4. The van der Waals surface area contributed by atoms with Crippen LogP contribution in [0, 0.1) is 5.41 Å². The zero-order chi connectivity index (χ0) is 26.7. The van der Waals surface area contributed by atoms with Gasteiger partial charge in [-0.1, -0.05) is 49.7 Å². The molecule has 1 aromatic heterocycles. The van der Waals surface area contributed by atoms with Crippen molar-refractivity contribution >= 4 is 40.8 Å². The maximum atomic E-state index is 13.4. The lowest BCUT2D eigenvalue weighted by Gasteiger charge is -2.43. The molecule has 7 nitrogen and oxygen atoms in total. The predicted octanol–water partition coefficient (Wildman–Crippen LogP) is 5.05. The highest BCUT2D eigenvalue weighted by atomic mass is 35.5. The van der Waals surface area contributed by atoms with Crippen molar-refractivity contribution in [2.75, 3.05) is 17.2 Å². The van der Waals surface area contributed by atoms with Gasteiger partial charge in [-0.2, -0.15) is 0 Å². The number of likely N-dealkylation sites (tertiary alicyclic amines) is 1. The minimum absolute atomic E-state index is 0.0359. The Morgan fingerprint density at radius 1 is 1.11 bits per heavy atom. The molecule has 2 atom stereocenters. The molecule has 1 aliphatic carbocycles. The molecule has 0 bridgehead atoms. The van der Waals surface area contributed by atoms with Crippen LogP contribution in [0.2, 0.25) is 5.02 Å². The van der Waals surface area contributed by atoms with Crippen LogP contribution < -0.4 is 10.6 Å². The van der Waals surface area contributed by atoms with Gasteiger partial charge in [-0.25, -0.2) is 4.98 Å². The number of hydrogen-bond donors (Lipinski definition) is 2. The van der Waals surface area contributed by atoms with Crippen LogP contribution in [0.5, 0.6) is 0 Å². The number of halogens is 1. The van der Waals surface area contributed by atoms with E-state index in [0.717, 1.165) is 35.1 Å². The van der Waals surface area contributed by atoms with E-state index >= 15 is 0 Å². The van der Waals surface area contributed by atoms with E-state index in [0.29, 0.717) is 29.4 Å². The topological polar surface area (TPSA) is 91.4 Å². The van der Waals surface area contributed by atoms with Gasteiger partial charge in [0.05, 0.1) is 11.5 Å². The monoisotopic (exact) mass is 528 g/mol. The van der Waals surface area contributed by atoms with Gasteiger partial charge in [-0.05, 0) is 72.7 Å². The van der Waals surface area contributed by atoms with Gasteiger partial charge in [-0.3, -0.25) is 14.4 Å². The van der Waals surface area contributed by atoms with Crippen molar-refractivity contribution in [3.63, 3.8) is 0 Å². The van der Waals surface area contributed by atoms with Crippen molar-refractivity contribution in [3.05, 3.63) is 88.1 Å². The molecule has 2 aliphatic heterocycles. The number of nitrogens with zero attached hydrogens (tertiary/aromatic N) is 2. The van der Waals surface area contributed by atoms with Crippen LogP contribution in [-0.2, 0) is 32.6 Å². The Hall–Kier alpha value is -3.71. The molecule has 0 radical (unpaired) electrons. The summed E-state index contributed by atoms with van der Waals surface area (Å²) >= 11 is 6.23. The number of piperidine rings is 1. The highest BCUT2D eigenvalue weighted by Crippen LogP contribution is 2.47. The molecule has 3 amide bonds. The fraction of sp³-hybridized carbons (Fsp3) is 0.333. The number of aromatic nitrogens is 1. The van der Waals surface area contributed by atoms with Crippen LogP contribution in [0.1, 0.15) is 55.0 Å². The molecule has 3 aromatic rings. The molecule has 2 N–H and O–H groups in total. The van der Waals surface area contributed by atoms with Gasteiger partial charge in [0.1, 0.15) is 12.4 Å². The molecule has 6 rings (SSSR count). The van der Waals surface area contributed by atoms with E-state index < -0.39 is 10.8 Å². The number of fused-ring (bicyclic) bond motifs is 3. The molecule has 194 valence electrons. The Bertz CT molecular complexity index is 1490. The van der Waals surface area contributed by atoms with Gasteiger partial charge in [-0.15, -0.1) is 0 Å². The van der Waals surface area contributed by atoms with E-state index in [1.54, 1.807) is 17.2 Å². The lowest BCUT2D eigenvalue weighted by atomic mass is 9.78. The third-order valence-corrected chi connectivity index (χ3v) is 8.51. The van der Waals surface area contributed by atoms with Gasteiger partial charge in [0, 0.05) is 27.9 Å². The zero-order valence-corrected chi connectivity index (χ0v) is 22.1. The normalized spacial score (nSPS) is 23.2. The quantitative estimate of drug-likeness (QED) is 0.495. The first-order valence-corrected chi connectivity index (χ1v) is 13.3. The van der Waals surface area contributed by atoms with E-state index in [-0.39, 0.29) is 30.3 Å². The van der Waals surface area contributed by atoms with Crippen LogP contribution in [0.3, 0.4) is 0 Å². The third kappa shape index (κ3) is 4.06. The Kier molecular flexibility index (Phi) is 5.80. The maximum Gasteiger partial charge on any atom is 0.244 e. The Morgan fingerprint density at radius 2 is 1.92 bits per heavy atom. The van der Waals surface area contributed by atoms with Crippen molar-refractivity contribution in [1.82, 2.24) is 9.88 Å². The number of nitrogens with one attached hydrogen (secondary N) is 2. The largest absolute Gasteiger partial charge is 0.326 e. The molecular weight excluding hydrogens is 500 g/mol. The molecule has 3 aliphatic rings. The first-order valence-electron chi connectivity index (χ1n) is 12.9. The molecular formula is C30H29ClN4O3. The number of anilines is 2. The number of hydrogen-bond acceptors (Lipinski definition) is 4. The summed E-state index contributed by atoms with van der Waals surface area (Å²) in [4.78, 5) is 45.6. The summed E-state index contributed by atoms with van der Waals surface area (Å²) in [6.07, 6.45) is 4.32. The zero-order valence-electron chi connectivity index (χ0n) is 21.4. The summed E-state index contributed by atoms with van der Waals surface area (Å²) in [7, 11) is 0. The van der Waals surface area contributed by atoms with E-state index in [4.69, 9.17) is 11.6 Å². The summed E-state index contributed by atoms with van der Waals surface area (Å²) in [6, 6.07) is 16.9. The van der Waals surface area contributed by atoms with Gasteiger partial charge < -0.3 is 15.5 Å². The Balaban J connectivity index is 1.21. The molecule has 3 heterocycles. The van der Waals surface area contributed by atoms with Crippen molar-refractivity contribution in [2.24, 2.45) is 5.41 Å². The first kappa shape index (κ1) is 24.6. The smallest absolute Gasteiger partial charge is 0.244 e. The average molecular weight is 529 g/mol. The van der Waals surface area contributed by atoms with E-state index in [1.807, 2.05) is 62.4 Å². The lowest BCUT2D eigenvalue weighted by molar-refractivity contribution is -0.150. The lowest BCUT2D eigenvalue weighted by Crippen LogP contribution is -2.50. The number of carbonyl (C=O) groups is 3. The molecule has 2 unspecified atom stereocenters. The number of pyridine rings is 1. The van der Waals surface area contributed by atoms with Gasteiger partial charge in [0.25, 0.3) is 0 Å². The van der Waals surface area contributed by atoms with Gasteiger partial charge in [0.2, 0.25) is 17.7 Å². The second-order valence-corrected chi connectivity index (χ2v) is 11.7. The molecule has 2 aromatic carbocycles. The molecule has 1 fully saturated rings. The number of carbonyl (C=O) groups excluding carboxylic acids is 3. The molecule has 0 saturated carbocycles. The summed E-state index contributed by atoms with van der Waals surface area (Å²) < 4.78 is 0. The highest BCUT2D eigenvalue weighted by molar-refractivity contribution is 6.30. The van der Waals surface area contributed by atoms with Crippen molar-refractivity contribution in [2.45, 2.75) is 51.0 Å². The number of benzene rings is 2. The summed E-state index contributed by atoms with van der Waals surface area (Å²) in [5.74, 6) is 0.289. The SMILES string of the molecule is CC1(C)CCC(c2cccc(Cl)c2)N(CC(=O)Nc2ccc3c(c2)CC2(C3)C(=O)Nc3ncccc32)C1=O. The molecule has 8 heteroatoms. The summed E-state index contributed by atoms with van der Waals surface area (Å²) in [6.45, 7) is 3.80. The van der Waals surface area contributed by atoms with E-state index in [1.165, 1.54) is 0 Å². The first-order chi connectivity index (χ1) is 18.2. The van der Waals surface area contributed by atoms with Crippen molar-refractivity contribution in [3.8, 4) is 0 Å². The Labute approximate surface area is 226 Å². The van der Waals surface area contributed by atoms with Crippen LogP contribution in [0.4, 0.5) is 11.5 Å². The number of amides is 3. The van der Waals surface area contributed by atoms with E-state index in [2.05, 4.69) is 15.6 Å². The highest BCUT2D eigenvalue weighted by Gasteiger charge is 2.51. The van der Waals surface area contributed by atoms with Gasteiger partial charge in [0.15, 0.2) is 0 Å². The van der Waals surface area contributed by atoms with Crippen molar-refractivity contribution < 1.29 is 14.4 Å². The molecule has 1 spiro atoms. The second kappa shape index (κ2) is 8.95.